The summed E-state index contributed by atoms with van der Waals surface area (Å²) in [7, 11) is 0. The fourth-order valence-corrected chi connectivity index (χ4v) is 4.96. The van der Waals surface area contributed by atoms with Crippen molar-refractivity contribution in [3.63, 3.8) is 0 Å². The summed E-state index contributed by atoms with van der Waals surface area (Å²) >= 11 is 0. The van der Waals surface area contributed by atoms with Crippen LogP contribution in [0.1, 0.15) is 86.5 Å². The molecule has 0 aromatic carbocycles. The van der Waals surface area contributed by atoms with Crippen LogP contribution in [0.4, 0.5) is 13.2 Å². The third kappa shape index (κ3) is 8.31. The number of nitriles is 1. The van der Waals surface area contributed by atoms with Gasteiger partial charge in [0.25, 0.3) is 0 Å². The van der Waals surface area contributed by atoms with Gasteiger partial charge in [0.1, 0.15) is 11.8 Å². The van der Waals surface area contributed by atoms with Crippen molar-refractivity contribution >= 4 is 23.4 Å². The van der Waals surface area contributed by atoms with Crippen molar-refractivity contribution in [1.82, 2.24) is 10.6 Å². The minimum atomic E-state index is -5.04. The molecule has 1 aliphatic heterocycles. The Labute approximate surface area is 210 Å². The van der Waals surface area contributed by atoms with E-state index in [9.17, 15) is 37.6 Å². The molecule has 0 spiro atoms. The smallest absolute Gasteiger partial charge is 0.351 e. The van der Waals surface area contributed by atoms with E-state index in [0.29, 0.717) is 12.8 Å². The highest BCUT2D eigenvalue weighted by molar-refractivity contribution is 5.93. The molecule has 7 nitrogen and oxygen atoms in total. The lowest BCUT2D eigenvalue weighted by molar-refractivity contribution is -0.173. The zero-order chi connectivity index (χ0) is 27.7. The SMILES string of the molecule is CC1(C[C@H](CC(=O)[C@@H](CC(=O)C(F)(F)F)C(C)(C)C)C(=O)N[C@H](C#N)C[C@@H]2CC(C)(C)NC2=O)CC1. The number of hydrogen-bond acceptors (Lipinski definition) is 5. The quantitative estimate of drug-likeness (QED) is 0.429. The molecule has 4 atom stereocenters. The molecular weight excluding hydrogens is 475 g/mol. The average molecular weight is 514 g/mol. The van der Waals surface area contributed by atoms with E-state index in [-0.39, 0.29) is 24.2 Å². The largest absolute Gasteiger partial charge is 0.449 e. The summed E-state index contributed by atoms with van der Waals surface area (Å²) in [5, 5.41) is 15.1. The second-order valence-electron chi connectivity index (χ2n) is 12.6. The molecule has 1 saturated carbocycles. The second-order valence-corrected chi connectivity index (χ2v) is 12.6. The van der Waals surface area contributed by atoms with E-state index in [0.717, 1.165) is 12.8 Å². The van der Waals surface area contributed by atoms with E-state index in [1.165, 1.54) is 0 Å². The first-order valence-corrected chi connectivity index (χ1v) is 12.4. The highest BCUT2D eigenvalue weighted by Gasteiger charge is 2.46. The van der Waals surface area contributed by atoms with Crippen molar-refractivity contribution in [1.29, 1.82) is 5.26 Å². The monoisotopic (exact) mass is 513 g/mol. The molecule has 0 aromatic heterocycles. The predicted molar refractivity (Wildman–Crippen MR) is 126 cm³/mol. The molecule has 0 aromatic rings. The van der Waals surface area contributed by atoms with Crippen molar-refractivity contribution < 1.29 is 32.3 Å². The summed E-state index contributed by atoms with van der Waals surface area (Å²) in [6.07, 6.45) is -3.61. The molecule has 0 bridgehead atoms. The number of alkyl halides is 3. The van der Waals surface area contributed by atoms with E-state index in [4.69, 9.17) is 0 Å². The summed E-state index contributed by atoms with van der Waals surface area (Å²) in [6, 6.07) is 1.07. The molecule has 202 valence electrons. The first-order chi connectivity index (χ1) is 16.3. The van der Waals surface area contributed by atoms with Crippen LogP contribution in [0.5, 0.6) is 0 Å². The Kier molecular flexibility index (Phi) is 8.69. The van der Waals surface area contributed by atoms with Crippen LogP contribution in [0.25, 0.3) is 0 Å². The number of rotatable bonds is 11. The van der Waals surface area contributed by atoms with Crippen molar-refractivity contribution in [3.8, 4) is 6.07 Å². The van der Waals surface area contributed by atoms with E-state index in [2.05, 4.69) is 10.6 Å². The number of amides is 2. The van der Waals surface area contributed by atoms with Gasteiger partial charge in [0.2, 0.25) is 17.6 Å². The van der Waals surface area contributed by atoms with Crippen LogP contribution in [0.2, 0.25) is 0 Å². The fourth-order valence-electron chi connectivity index (χ4n) is 4.96. The van der Waals surface area contributed by atoms with Gasteiger partial charge < -0.3 is 10.6 Å². The molecular formula is C26H38F3N3O4. The van der Waals surface area contributed by atoms with Crippen LogP contribution < -0.4 is 10.6 Å². The number of carbonyl (C=O) groups is 4. The third-order valence-corrected chi connectivity index (χ3v) is 7.38. The van der Waals surface area contributed by atoms with Gasteiger partial charge in [-0.05, 0) is 56.8 Å². The number of nitrogens with one attached hydrogen (secondary N) is 2. The van der Waals surface area contributed by atoms with Gasteiger partial charge in [-0.15, -0.1) is 0 Å². The Morgan fingerprint density at radius 1 is 1.14 bits per heavy atom. The van der Waals surface area contributed by atoms with Gasteiger partial charge in [0, 0.05) is 36.1 Å². The lowest BCUT2D eigenvalue weighted by Crippen LogP contribution is -2.42. The van der Waals surface area contributed by atoms with Gasteiger partial charge in [-0.25, -0.2) is 0 Å². The highest BCUT2D eigenvalue weighted by Crippen LogP contribution is 2.51. The molecule has 0 radical (unpaired) electrons. The normalized spacial score (nSPS) is 23.1. The van der Waals surface area contributed by atoms with Crippen molar-refractivity contribution in [2.75, 3.05) is 0 Å². The lowest BCUT2D eigenvalue weighted by atomic mass is 9.72. The average Bonchev–Trinajstić information content (AvgIpc) is 3.37. The predicted octanol–water partition coefficient (Wildman–Crippen LogP) is 4.25. The van der Waals surface area contributed by atoms with Crippen LogP contribution in [0.3, 0.4) is 0 Å². The standard InChI is InChI=1S/C26H38F3N3O4/c1-23(2,3)18(11-20(34)26(27,28)29)19(33)10-16(13-25(6)7-8-25)21(35)31-17(14-30)9-15-12-24(4,5)32-22(15)36/h15-18H,7-13H2,1-6H3,(H,31,35)(H,32,36)/t15-,16+,17+,18-/m1/s1. The molecule has 36 heavy (non-hydrogen) atoms. The molecule has 0 unspecified atom stereocenters. The van der Waals surface area contributed by atoms with Gasteiger partial charge in [-0.2, -0.15) is 18.4 Å². The van der Waals surface area contributed by atoms with Crippen molar-refractivity contribution in [3.05, 3.63) is 0 Å². The highest BCUT2D eigenvalue weighted by atomic mass is 19.4. The summed E-state index contributed by atoms with van der Waals surface area (Å²) in [5.41, 5.74) is -1.48. The minimum absolute atomic E-state index is 0.125. The Hall–Kier alpha value is -2.44. The maximum atomic E-state index is 13.2. The fraction of sp³-hybridized carbons (Fsp3) is 0.808. The van der Waals surface area contributed by atoms with Crippen molar-refractivity contribution in [2.45, 2.75) is 104 Å². The zero-order valence-electron chi connectivity index (χ0n) is 22.0. The number of Topliss-reactive ketones (excluding diaryl/α,β-unsaturated/α-hetero) is 2. The van der Waals surface area contributed by atoms with E-state index in [1.54, 1.807) is 20.8 Å². The summed E-state index contributed by atoms with van der Waals surface area (Å²) in [5.74, 6) is -5.75. The Balaban J connectivity index is 2.16. The molecule has 1 aliphatic carbocycles. The molecule has 2 rings (SSSR count). The number of ketones is 2. The third-order valence-electron chi connectivity index (χ3n) is 7.38. The molecule has 2 fully saturated rings. The summed E-state index contributed by atoms with van der Waals surface area (Å²) in [6.45, 7) is 10.5. The summed E-state index contributed by atoms with van der Waals surface area (Å²) in [4.78, 5) is 50.4. The number of halogens is 3. The van der Waals surface area contributed by atoms with Gasteiger partial charge >= 0.3 is 6.18 Å². The van der Waals surface area contributed by atoms with Gasteiger partial charge in [0.15, 0.2) is 0 Å². The minimum Gasteiger partial charge on any atom is -0.351 e. The Morgan fingerprint density at radius 2 is 1.72 bits per heavy atom. The van der Waals surface area contributed by atoms with Gasteiger partial charge in [-0.3, -0.25) is 19.2 Å². The van der Waals surface area contributed by atoms with E-state index < -0.39 is 64.8 Å². The van der Waals surface area contributed by atoms with E-state index in [1.807, 2.05) is 26.8 Å². The molecule has 2 aliphatic rings. The van der Waals surface area contributed by atoms with Crippen LogP contribution >= 0.6 is 0 Å². The van der Waals surface area contributed by atoms with Crippen LogP contribution in [0, 0.1) is 39.9 Å². The van der Waals surface area contributed by atoms with Crippen LogP contribution in [-0.2, 0) is 19.2 Å². The maximum Gasteiger partial charge on any atom is 0.449 e. The summed E-state index contributed by atoms with van der Waals surface area (Å²) < 4.78 is 38.8. The molecule has 1 heterocycles. The topological polar surface area (TPSA) is 116 Å². The number of nitrogens with zero attached hydrogens (tertiary/aromatic N) is 1. The van der Waals surface area contributed by atoms with E-state index >= 15 is 0 Å². The molecule has 10 heteroatoms. The number of carbonyl (C=O) groups excluding carboxylic acids is 4. The number of hydrogen-bond donors (Lipinski definition) is 2. The molecule has 2 amide bonds. The van der Waals surface area contributed by atoms with Crippen LogP contribution in [-0.4, -0.2) is 41.1 Å². The maximum absolute atomic E-state index is 13.2. The van der Waals surface area contributed by atoms with Gasteiger partial charge in [0.05, 0.1) is 6.07 Å². The second kappa shape index (κ2) is 10.5. The zero-order valence-corrected chi connectivity index (χ0v) is 22.0. The molecule has 2 N–H and O–H groups in total. The first kappa shape index (κ1) is 29.8. The van der Waals surface area contributed by atoms with Gasteiger partial charge in [-0.1, -0.05) is 27.7 Å². The Bertz CT molecular complexity index is 926. The molecule has 1 saturated heterocycles. The van der Waals surface area contributed by atoms with Crippen molar-refractivity contribution in [2.24, 2.45) is 28.6 Å². The first-order valence-electron chi connectivity index (χ1n) is 12.4. The lowest BCUT2D eigenvalue weighted by Gasteiger charge is -2.31. The van der Waals surface area contributed by atoms with Crippen LogP contribution in [0.15, 0.2) is 0 Å². The Morgan fingerprint density at radius 3 is 2.14 bits per heavy atom.